The fourth-order valence-corrected chi connectivity index (χ4v) is 6.10. The van der Waals surface area contributed by atoms with E-state index >= 15 is 0 Å². The van der Waals surface area contributed by atoms with Gasteiger partial charge in [0, 0.05) is 44.0 Å². The second-order valence-electron chi connectivity index (χ2n) is 11.6. The number of carboxylic acid groups (broad SMARTS) is 1. The van der Waals surface area contributed by atoms with Crippen molar-refractivity contribution in [1.29, 1.82) is 0 Å². The summed E-state index contributed by atoms with van der Waals surface area (Å²) < 4.78 is 13.1. The SMILES string of the molecule is O=C(O)CCCC(=O)NCc1ccccc1-c1ccc(C2OC(CN3CCCC3CO)CC(c3ccc(CO)cc3)O2)cc1. The Morgan fingerprint density at radius 2 is 1.66 bits per heavy atom. The van der Waals surface area contributed by atoms with Crippen LogP contribution < -0.4 is 5.32 Å². The number of rotatable bonds is 13. The van der Waals surface area contributed by atoms with Crippen LogP contribution in [0.5, 0.6) is 0 Å². The van der Waals surface area contributed by atoms with Gasteiger partial charge < -0.3 is 30.1 Å². The lowest BCUT2D eigenvalue weighted by atomic mass is 9.97. The maximum atomic E-state index is 12.2. The molecule has 2 aliphatic rings. The lowest BCUT2D eigenvalue weighted by Crippen LogP contribution is -2.42. The molecule has 0 aromatic heterocycles. The molecule has 0 bridgehead atoms. The van der Waals surface area contributed by atoms with Gasteiger partial charge in [0.2, 0.25) is 5.91 Å². The van der Waals surface area contributed by atoms with Crippen LogP contribution in [0, 0.1) is 0 Å². The largest absolute Gasteiger partial charge is 0.481 e. The quantitative estimate of drug-likeness (QED) is 0.221. The van der Waals surface area contributed by atoms with Crippen LogP contribution >= 0.6 is 0 Å². The third kappa shape index (κ3) is 8.31. The highest BCUT2D eigenvalue weighted by atomic mass is 16.7. The molecule has 0 spiro atoms. The summed E-state index contributed by atoms with van der Waals surface area (Å²) in [6.07, 6.45) is 2.39. The Morgan fingerprint density at radius 3 is 2.39 bits per heavy atom. The van der Waals surface area contributed by atoms with E-state index in [1.165, 1.54) is 0 Å². The number of hydrogen-bond donors (Lipinski definition) is 4. The Labute approximate surface area is 258 Å². The molecule has 4 atom stereocenters. The van der Waals surface area contributed by atoms with Gasteiger partial charge in [0.05, 0.1) is 25.4 Å². The second kappa shape index (κ2) is 15.4. The minimum Gasteiger partial charge on any atom is -0.481 e. The van der Waals surface area contributed by atoms with E-state index in [0.717, 1.165) is 59.3 Å². The van der Waals surface area contributed by atoms with E-state index < -0.39 is 12.3 Å². The molecule has 234 valence electrons. The van der Waals surface area contributed by atoms with Gasteiger partial charge in [0.25, 0.3) is 0 Å². The molecule has 2 fully saturated rings. The molecule has 2 aliphatic heterocycles. The number of likely N-dealkylation sites (tertiary alicyclic amines) is 1. The number of amides is 1. The van der Waals surface area contributed by atoms with E-state index in [9.17, 15) is 19.8 Å². The van der Waals surface area contributed by atoms with E-state index in [4.69, 9.17) is 14.6 Å². The Morgan fingerprint density at radius 1 is 0.909 bits per heavy atom. The topological polar surface area (TPSA) is 129 Å². The van der Waals surface area contributed by atoms with Crippen molar-refractivity contribution >= 4 is 11.9 Å². The first kappa shape index (κ1) is 31.8. The zero-order chi connectivity index (χ0) is 30.9. The second-order valence-corrected chi connectivity index (χ2v) is 11.6. The molecular weight excluding hydrogens is 560 g/mol. The van der Waals surface area contributed by atoms with Gasteiger partial charge in [-0.3, -0.25) is 14.5 Å². The van der Waals surface area contributed by atoms with E-state index in [1.807, 2.05) is 72.8 Å². The molecule has 3 aromatic carbocycles. The van der Waals surface area contributed by atoms with Gasteiger partial charge in [0.15, 0.2) is 6.29 Å². The average molecular weight is 603 g/mol. The zero-order valence-electron chi connectivity index (χ0n) is 24.9. The molecular formula is C35H42N2O7. The highest BCUT2D eigenvalue weighted by Crippen LogP contribution is 2.39. The van der Waals surface area contributed by atoms with Crippen molar-refractivity contribution < 1.29 is 34.4 Å². The van der Waals surface area contributed by atoms with Crippen molar-refractivity contribution in [1.82, 2.24) is 10.2 Å². The van der Waals surface area contributed by atoms with Crippen LogP contribution in [0.15, 0.2) is 72.8 Å². The van der Waals surface area contributed by atoms with Gasteiger partial charge in [0.1, 0.15) is 0 Å². The number of aliphatic hydroxyl groups excluding tert-OH is 2. The Kier molecular flexibility index (Phi) is 11.1. The summed E-state index contributed by atoms with van der Waals surface area (Å²) >= 11 is 0. The minimum atomic E-state index is -0.903. The van der Waals surface area contributed by atoms with Crippen LogP contribution in [0.1, 0.15) is 73.2 Å². The summed E-state index contributed by atoms with van der Waals surface area (Å²) in [5.41, 5.74) is 5.75. The Balaban J connectivity index is 1.30. The van der Waals surface area contributed by atoms with Crippen LogP contribution in [0.4, 0.5) is 0 Å². The molecule has 3 aromatic rings. The highest BCUT2D eigenvalue weighted by molar-refractivity contribution is 5.77. The number of aliphatic hydroxyl groups is 2. The predicted molar refractivity (Wildman–Crippen MR) is 165 cm³/mol. The minimum absolute atomic E-state index is 0.00763. The molecule has 2 saturated heterocycles. The fourth-order valence-electron chi connectivity index (χ4n) is 6.10. The van der Waals surface area contributed by atoms with Crippen molar-refractivity contribution in [3.05, 3.63) is 95.1 Å². The zero-order valence-corrected chi connectivity index (χ0v) is 24.9. The summed E-state index contributed by atoms with van der Waals surface area (Å²) in [4.78, 5) is 25.3. The van der Waals surface area contributed by atoms with Gasteiger partial charge in [-0.1, -0.05) is 72.8 Å². The normalized spacial score (nSPS) is 22.1. The molecule has 2 heterocycles. The number of carbonyl (C=O) groups excluding carboxylic acids is 1. The van der Waals surface area contributed by atoms with Crippen molar-refractivity contribution in [3.63, 3.8) is 0 Å². The lowest BCUT2D eigenvalue weighted by molar-refractivity contribution is -0.253. The molecule has 0 radical (unpaired) electrons. The van der Waals surface area contributed by atoms with Crippen LogP contribution in [-0.2, 0) is 32.2 Å². The smallest absolute Gasteiger partial charge is 0.303 e. The molecule has 4 N–H and O–H groups in total. The van der Waals surface area contributed by atoms with Crippen LogP contribution in [-0.4, -0.2) is 63.9 Å². The summed E-state index contributed by atoms with van der Waals surface area (Å²) in [6.45, 7) is 2.16. The summed E-state index contributed by atoms with van der Waals surface area (Å²) in [5.74, 6) is -1.07. The van der Waals surface area contributed by atoms with Gasteiger partial charge >= 0.3 is 5.97 Å². The maximum Gasteiger partial charge on any atom is 0.303 e. The number of nitrogens with zero attached hydrogens (tertiary/aromatic N) is 1. The number of ether oxygens (including phenoxy) is 2. The lowest BCUT2D eigenvalue weighted by Gasteiger charge is -2.38. The Bertz CT molecular complexity index is 1380. The van der Waals surface area contributed by atoms with Gasteiger partial charge in [-0.2, -0.15) is 0 Å². The van der Waals surface area contributed by atoms with Crippen molar-refractivity contribution in [2.45, 2.75) is 76.2 Å². The summed E-state index contributed by atoms with van der Waals surface area (Å²) in [7, 11) is 0. The van der Waals surface area contributed by atoms with Crippen molar-refractivity contribution in [2.24, 2.45) is 0 Å². The van der Waals surface area contributed by atoms with Crippen LogP contribution in [0.25, 0.3) is 11.1 Å². The predicted octanol–water partition coefficient (Wildman–Crippen LogP) is 4.72. The van der Waals surface area contributed by atoms with Crippen molar-refractivity contribution in [3.8, 4) is 11.1 Å². The Hall–Kier alpha value is -3.60. The van der Waals surface area contributed by atoms with Crippen molar-refractivity contribution in [2.75, 3.05) is 19.7 Å². The molecule has 9 nitrogen and oxygen atoms in total. The first-order valence-corrected chi connectivity index (χ1v) is 15.5. The number of nitrogens with one attached hydrogen (secondary N) is 1. The van der Waals surface area contributed by atoms with Crippen LogP contribution in [0.2, 0.25) is 0 Å². The first-order chi connectivity index (χ1) is 21.4. The van der Waals surface area contributed by atoms with E-state index in [2.05, 4.69) is 10.2 Å². The van der Waals surface area contributed by atoms with E-state index in [-0.39, 0.29) is 50.2 Å². The molecule has 4 unspecified atom stereocenters. The third-order valence-electron chi connectivity index (χ3n) is 8.54. The van der Waals surface area contributed by atoms with Crippen LogP contribution in [0.3, 0.4) is 0 Å². The third-order valence-corrected chi connectivity index (χ3v) is 8.54. The maximum absolute atomic E-state index is 12.2. The first-order valence-electron chi connectivity index (χ1n) is 15.5. The van der Waals surface area contributed by atoms with Gasteiger partial charge in [-0.05, 0) is 53.6 Å². The van der Waals surface area contributed by atoms with E-state index in [0.29, 0.717) is 19.4 Å². The number of carbonyl (C=O) groups is 2. The highest BCUT2D eigenvalue weighted by Gasteiger charge is 2.35. The monoisotopic (exact) mass is 602 g/mol. The number of carboxylic acids is 1. The molecule has 1 amide bonds. The average Bonchev–Trinajstić information content (AvgIpc) is 3.50. The van der Waals surface area contributed by atoms with Gasteiger partial charge in [-0.25, -0.2) is 0 Å². The molecule has 9 heteroatoms. The van der Waals surface area contributed by atoms with E-state index in [1.54, 1.807) is 0 Å². The molecule has 0 aliphatic carbocycles. The number of hydrogen-bond acceptors (Lipinski definition) is 7. The number of benzene rings is 3. The standard InChI is InChI=1S/C35H42N2O7/c38-22-24-10-12-26(13-11-24)32-19-30(21-37-18-4-6-29(37)23-39)43-35(44-32)27-16-14-25(15-17-27)31-7-2-1-5-28(31)20-36-33(40)8-3-9-34(41)42/h1-2,5,7,10-17,29-30,32,35,38-39H,3-4,6,8-9,18-23H2,(H,36,40)(H,41,42). The molecule has 5 rings (SSSR count). The number of aliphatic carboxylic acids is 1. The molecule has 0 saturated carbocycles. The summed E-state index contributed by atoms with van der Waals surface area (Å²) in [5, 5.41) is 31.1. The van der Waals surface area contributed by atoms with Gasteiger partial charge in [-0.15, -0.1) is 0 Å². The summed E-state index contributed by atoms with van der Waals surface area (Å²) in [6, 6.07) is 24.0. The fraction of sp³-hybridized carbons (Fsp3) is 0.429. The molecule has 44 heavy (non-hydrogen) atoms.